The number of carbonyl (C=O) groups excluding carboxylic acids is 4. The lowest BCUT2D eigenvalue weighted by atomic mass is 10.0. The number of benzene rings is 3. The summed E-state index contributed by atoms with van der Waals surface area (Å²) in [7, 11) is 0. The molecule has 4 heterocycles. The summed E-state index contributed by atoms with van der Waals surface area (Å²) in [6.45, 7) is 9.65. The van der Waals surface area contributed by atoms with E-state index in [1.165, 1.54) is 28.0 Å². The highest BCUT2D eigenvalue weighted by Crippen LogP contribution is 2.40. The zero-order valence-electron chi connectivity index (χ0n) is 37.9. The van der Waals surface area contributed by atoms with Crippen molar-refractivity contribution in [1.82, 2.24) is 20.1 Å². The molecule has 358 valence electrons. The predicted molar refractivity (Wildman–Crippen MR) is 250 cm³/mol. The molecule has 3 atom stereocenters. The van der Waals surface area contributed by atoms with Crippen molar-refractivity contribution in [3.63, 3.8) is 0 Å². The van der Waals surface area contributed by atoms with E-state index < -0.39 is 64.7 Å². The molecule has 1 unspecified atom stereocenters. The van der Waals surface area contributed by atoms with E-state index in [0.717, 1.165) is 38.7 Å². The van der Waals surface area contributed by atoms with Crippen LogP contribution in [0.15, 0.2) is 84.1 Å². The second kappa shape index (κ2) is 20.4. The van der Waals surface area contributed by atoms with Crippen LogP contribution in [0.1, 0.15) is 56.5 Å². The van der Waals surface area contributed by atoms with Gasteiger partial charge in [-0.25, -0.2) is 4.98 Å². The summed E-state index contributed by atoms with van der Waals surface area (Å²) >= 11 is 7.17. The zero-order chi connectivity index (χ0) is 49.1. The van der Waals surface area contributed by atoms with Gasteiger partial charge in [0.25, 0.3) is 11.8 Å². The SMILES string of the molecule is Cc1ncsc1-c1ccc(CNC(=O)C2C[C@@H](O)CN2C(=O)[C@H](C(C)C)N2CC(OCCOCCOc3ccc(N4C(=S)N(c5ccc(C#N)c(C(F)(F)F)c5)C(=O)C4(C)C)cc3)=CC2=O)cc1. The van der Waals surface area contributed by atoms with Gasteiger partial charge in [-0.1, -0.05) is 38.1 Å². The fourth-order valence-corrected chi connectivity index (χ4v) is 9.79. The van der Waals surface area contributed by atoms with E-state index in [4.69, 9.17) is 26.4 Å². The molecule has 3 aromatic carbocycles. The number of anilines is 2. The predicted octanol–water partition coefficient (Wildman–Crippen LogP) is 6.37. The Labute approximate surface area is 400 Å². The minimum atomic E-state index is -4.82. The lowest BCUT2D eigenvalue weighted by Gasteiger charge is -2.35. The number of hydrogen-bond donors (Lipinski definition) is 2. The van der Waals surface area contributed by atoms with Crippen molar-refractivity contribution >= 4 is 63.7 Å². The Morgan fingerprint density at radius 1 is 1.01 bits per heavy atom. The summed E-state index contributed by atoms with van der Waals surface area (Å²) in [5, 5.41) is 22.7. The smallest absolute Gasteiger partial charge is 0.417 e. The fourth-order valence-electron chi connectivity index (χ4n) is 8.45. The highest BCUT2D eigenvalue weighted by molar-refractivity contribution is 7.81. The van der Waals surface area contributed by atoms with E-state index in [1.54, 1.807) is 59.9 Å². The van der Waals surface area contributed by atoms with E-state index in [0.29, 0.717) is 17.2 Å². The molecule has 0 radical (unpaired) electrons. The first kappa shape index (κ1) is 49.5. The van der Waals surface area contributed by atoms with Gasteiger partial charge in [-0.2, -0.15) is 18.4 Å². The largest absolute Gasteiger partial charge is 0.493 e. The number of hydrogen-bond acceptors (Lipinski definition) is 12. The van der Waals surface area contributed by atoms with Crippen LogP contribution in [-0.2, 0) is 41.4 Å². The van der Waals surface area contributed by atoms with Crippen LogP contribution in [0, 0.1) is 24.2 Å². The number of thiocarbonyl (C=S) groups is 1. The Morgan fingerprint density at radius 3 is 2.32 bits per heavy atom. The molecule has 4 amide bonds. The second-order valence-corrected chi connectivity index (χ2v) is 18.5. The zero-order valence-corrected chi connectivity index (χ0v) is 39.5. The molecule has 0 bridgehead atoms. The number of aromatic nitrogens is 1. The van der Waals surface area contributed by atoms with Gasteiger partial charge in [0.1, 0.15) is 42.3 Å². The van der Waals surface area contributed by atoms with Crippen LogP contribution in [0.25, 0.3) is 10.4 Å². The molecule has 4 aromatic rings. The molecule has 20 heteroatoms. The minimum Gasteiger partial charge on any atom is -0.493 e. The summed E-state index contributed by atoms with van der Waals surface area (Å²) in [5.41, 5.74) is 2.05. The maximum atomic E-state index is 14.1. The molecule has 2 N–H and O–H groups in total. The van der Waals surface area contributed by atoms with Crippen LogP contribution >= 0.6 is 23.6 Å². The molecule has 2 saturated heterocycles. The Bertz CT molecular complexity index is 2630. The number of thiazole rings is 1. The van der Waals surface area contributed by atoms with Crippen molar-refractivity contribution in [1.29, 1.82) is 5.26 Å². The molecule has 3 aliphatic rings. The number of rotatable bonds is 17. The van der Waals surface area contributed by atoms with Gasteiger partial charge < -0.3 is 39.3 Å². The van der Waals surface area contributed by atoms with E-state index in [-0.39, 0.29) is 69.2 Å². The van der Waals surface area contributed by atoms with Crippen LogP contribution in [0.3, 0.4) is 0 Å². The van der Waals surface area contributed by atoms with Crippen molar-refractivity contribution < 1.29 is 51.7 Å². The van der Waals surface area contributed by atoms with Gasteiger partial charge in [-0.05, 0) is 92.5 Å². The Hall–Kier alpha value is -6.40. The first-order valence-corrected chi connectivity index (χ1v) is 23.1. The number of nitriles is 1. The van der Waals surface area contributed by atoms with Crippen LogP contribution in [0.4, 0.5) is 24.5 Å². The van der Waals surface area contributed by atoms with Crippen molar-refractivity contribution in [2.75, 3.05) is 49.3 Å². The highest BCUT2D eigenvalue weighted by atomic mass is 32.1. The quantitative estimate of drug-likeness (QED) is 0.0885. The Morgan fingerprint density at radius 2 is 1.69 bits per heavy atom. The van der Waals surface area contributed by atoms with Crippen molar-refractivity contribution in [2.24, 2.45) is 5.92 Å². The number of amides is 4. The third kappa shape index (κ3) is 10.5. The minimum absolute atomic E-state index is 0.0317. The normalized spacial score (nSPS) is 18.6. The summed E-state index contributed by atoms with van der Waals surface area (Å²) < 4.78 is 58.5. The number of β-amino-alcohol motifs (C(OH)–C–C–N with tert-alkyl or cyclic N) is 1. The van der Waals surface area contributed by atoms with E-state index in [1.807, 2.05) is 45.0 Å². The second-order valence-electron chi connectivity index (χ2n) is 17.3. The molecule has 0 spiro atoms. The van der Waals surface area contributed by atoms with E-state index in [2.05, 4.69) is 10.3 Å². The number of halogens is 3. The summed E-state index contributed by atoms with van der Waals surface area (Å²) in [6.07, 6.45) is -4.31. The van der Waals surface area contributed by atoms with Crippen molar-refractivity contribution in [2.45, 2.75) is 77.5 Å². The van der Waals surface area contributed by atoms with Crippen molar-refractivity contribution in [3.8, 4) is 22.3 Å². The van der Waals surface area contributed by atoms with Gasteiger partial charge in [-0.3, -0.25) is 24.1 Å². The number of aliphatic hydroxyl groups excluding tert-OH is 1. The number of aryl methyl sites for hydroxylation is 1. The average molecular weight is 974 g/mol. The molecule has 3 aliphatic heterocycles. The first-order chi connectivity index (χ1) is 32.3. The molecule has 0 saturated carbocycles. The highest BCUT2D eigenvalue weighted by Gasteiger charge is 2.51. The number of likely N-dealkylation sites (tertiary alicyclic amines) is 1. The van der Waals surface area contributed by atoms with Crippen LogP contribution in [-0.4, -0.2) is 112 Å². The molecular weight excluding hydrogens is 924 g/mol. The molecule has 2 fully saturated rings. The Balaban J connectivity index is 0.851. The third-order valence-corrected chi connectivity index (χ3v) is 13.2. The number of carbonyl (C=O) groups is 4. The number of nitrogens with one attached hydrogen (secondary N) is 1. The van der Waals surface area contributed by atoms with E-state index >= 15 is 0 Å². The van der Waals surface area contributed by atoms with Crippen LogP contribution in [0.5, 0.6) is 5.75 Å². The molecule has 7 rings (SSSR count). The van der Waals surface area contributed by atoms with Gasteiger partial charge >= 0.3 is 6.18 Å². The molecule has 1 aromatic heterocycles. The van der Waals surface area contributed by atoms with Gasteiger partial charge in [0.15, 0.2) is 5.11 Å². The molecule has 0 aliphatic carbocycles. The molecule has 15 nitrogen and oxygen atoms in total. The van der Waals surface area contributed by atoms with Crippen LogP contribution in [0.2, 0.25) is 0 Å². The first-order valence-electron chi connectivity index (χ1n) is 21.8. The summed E-state index contributed by atoms with van der Waals surface area (Å²) in [5.74, 6) is -1.27. The fraction of sp³-hybridized carbons (Fsp3) is 0.396. The molecule has 68 heavy (non-hydrogen) atoms. The lowest BCUT2D eigenvalue weighted by molar-refractivity contribution is -0.147. The number of nitrogens with zero attached hydrogens (tertiary/aromatic N) is 6. The topological polar surface area (TPSA) is 178 Å². The standard InChI is InChI=1S/C48H50F3N7O8S2/c1-28(2)41(44(62)55-25-35(59)21-39(55)43(61)53-24-30-6-8-31(9-7-30)42-29(3)54-27-68-42)56-26-37(22-40(56)60)66-19-17-64-16-18-65-36-14-12-33(13-15-36)58-46(67)57(45(63)47(58,4)5)34-11-10-32(23-52)38(20-34)48(49,50)51/h6-15,20,22,27-28,35,39,41,59H,16-19,21,24-26H2,1-5H3,(H,53,61)/t35-,39?,41+/m1/s1. The summed E-state index contributed by atoms with van der Waals surface area (Å²) in [4.78, 5) is 65.2. The van der Waals surface area contributed by atoms with Gasteiger partial charge in [0.2, 0.25) is 11.8 Å². The van der Waals surface area contributed by atoms with Gasteiger partial charge in [0, 0.05) is 31.3 Å². The number of alkyl halides is 3. The maximum absolute atomic E-state index is 14.1. The summed E-state index contributed by atoms with van der Waals surface area (Å²) in [6, 6.07) is 17.2. The monoisotopic (exact) mass is 973 g/mol. The van der Waals surface area contributed by atoms with Crippen molar-refractivity contribution in [3.05, 3.63) is 106 Å². The van der Waals surface area contributed by atoms with Gasteiger partial charge in [-0.15, -0.1) is 11.3 Å². The lowest BCUT2D eigenvalue weighted by Crippen LogP contribution is -2.55. The number of aliphatic hydroxyl groups is 1. The Kier molecular flexibility index (Phi) is 14.9. The third-order valence-electron chi connectivity index (χ3n) is 11.9. The van der Waals surface area contributed by atoms with Crippen LogP contribution < -0.4 is 19.9 Å². The number of ether oxygens (including phenoxy) is 3. The maximum Gasteiger partial charge on any atom is 0.417 e. The van der Waals surface area contributed by atoms with Gasteiger partial charge in [0.05, 0.1) is 64.8 Å². The molecular formula is C48H50F3N7O8S2. The van der Waals surface area contributed by atoms with E-state index in [9.17, 15) is 42.7 Å². The average Bonchev–Trinajstić information content (AvgIpc) is 4.05.